The molecule has 1 saturated heterocycles. The lowest BCUT2D eigenvalue weighted by Gasteiger charge is -2.36. The molecule has 0 radical (unpaired) electrons. The Balaban J connectivity index is 1.49. The number of halogens is 3. The van der Waals surface area contributed by atoms with Gasteiger partial charge in [-0.2, -0.15) is 13.2 Å². The maximum atomic E-state index is 13.1. The third-order valence-corrected chi connectivity index (χ3v) is 6.99. The fraction of sp³-hybridized carbons (Fsp3) is 0.500. The summed E-state index contributed by atoms with van der Waals surface area (Å²) in [6.07, 6.45) is -4.54. The van der Waals surface area contributed by atoms with Crippen LogP contribution >= 0.6 is 11.3 Å². The summed E-state index contributed by atoms with van der Waals surface area (Å²) in [5.74, 6) is -0.458. The molecule has 186 valence electrons. The van der Waals surface area contributed by atoms with Crippen LogP contribution in [-0.4, -0.2) is 71.8 Å². The van der Waals surface area contributed by atoms with Crippen molar-refractivity contribution in [2.24, 2.45) is 0 Å². The normalized spacial score (nSPS) is 15.2. The fourth-order valence-electron chi connectivity index (χ4n) is 3.83. The molecule has 2 amide bonds. The Morgan fingerprint density at radius 1 is 1.12 bits per heavy atom. The van der Waals surface area contributed by atoms with E-state index in [9.17, 15) is 22.8 Å². The van der Waals surface area contributed by atoms with Crippen molar-refractivity contribution >= 4 is 28.8 Å². The number of benzene rings is 1. The highest BCUT2D eigenvalue weighted by Gasteiger charge is 2.33. The number of hydrogen-bond donors (Lipinski definition) is 1. The largest absolute Gasteiger partial charge is 0.418 e. The van der Waals surface area contributed by atoms with Gasteiger partial charge in [0.15, 0.2) is 0 Å². The van der Waals surface area contributed by atoms with Crippen LogP contribution in [0.4, 0.5) is 18.9 Å². The molecule has 0 spiro atoms. The molecule has 2 aromatic rings. The SMILES string of the molecule is Cc1ccsc1CN(CC(=O)N1CCN(CC(=O)Nc2ccccc2C(F)(F)F)CC1)C(C)C. The van der Waals surface area contributed by atoms with Crippen LogP contribution in [0.2, 0.25) is 0 Å². The molecule has 10 heteroatoms. The highest BCUT2D eigenvalue weighted by molar-refractivity contribution is 7.10. The molecule has 0 bridgehead atoms. The van der Waals surface area contributed by atoms with E-state index in [0.717, 1.165) is 12.6 Å². The number of carbonyl (C=O) groups is 2. The van der Waals surface area contributed by atoms with Crippen LogP contribution in [0.15, 0.2) is 35.7 Å². The average Bonchev–Trinajstić information content (AvgIpc) is 3.17. The van der Waals surface area contributed by atoms with Crippen molar-refractivity contribution in [1.29, 1.82) is 0 Å². The third kappa shape index (κ3) is 7.04. The lowest BCUT2D eigenvalue weighted by atomic mass is 10.1. The maximum absolute atomic E-state index is 13.1. The van der Waals surface area contributed by atoms with Gasteiger partial charge in [0, 0.05) is 43.6 Å². The molecule has 34 heavy (non-hydrogen) atoms. The van der Waals surface area contributed by atoms with Gasteiger partial charge in [0.05, 0.1) is 24.3 Å². The summed E-state index contributed by atoms with van der Waals surface area (Å²) in [5, 5.41) is 4.43. The molecule has 1 aliphatic heterocycles. The van der Waals surface area contributed by atoms with Gasteiger partial charge in [-0.1, -0.05) is 12.1 Å². The molecule has 1 aromatic carbocycles. The van der Waals surface area contributed by atoms with E-state index in [2.05, 4.69) is 42.4 Å². The van der Waals surface area contributed by atoms with Gasteiger partial charge in [-0.25, -0.2) is 0 Å². The molecule has 1 fully saturated rings. The van der Waals surface area contributed by atoms with Gasteiger partial charge in [0.2, 0.25) is 11.8 Å². The molecule has 3 rings (SSSR count). The van der Waals surface area contributed by atoms with Crippen LogP contribution in [0.1, 0.15) is 29.9 Å². The predicted molar refractivity (Wildman–Crippen MR) is 128 cm³/mol. The first-order valence-corrected chi connectivity index (χ1v) is 12.2. The van der Waals surface area contributed by atoms with Crippen LogP contribution < -0.4 is 5.32 Å². The van der Waals surface area contributed by atoms with Gasteiger partial charge in [0.25, 0.3) is 0 Å². The molecule has 0 saturated carbocycles. The molecular formula is C24H31F3N4O2S. The van der Waals surface area contributed by atoms with Gasteiger partial charge < -0.3 is 10.2 Å². The topological polar surface area (TPSA) is 55.9 Å². The minimum absolute atomic E-state index is 0.0238. The van der Waals surface area contributed by atoms with Crippen molar-refractivity contribution in [3.05, 3.63) is 51.7 Å². The number of amides is 2. The second-order valence-corrected chi connectivity index (χ2v) is 9.77. The number of piperazine rings is 1. The van der Waals surface area contributed by atoms with Gasteiger partial charge in [-0.15, -0.1) is 11.3 Å². The standard InChI is InChI=1S/C24H31F3N4O2S/c1-17(2)31(14-21-18(3)8-13-34-21)16-23(33)30-11-9-29(10-12-30)15-22(32)28-20-7-5-4-6-19(20)24(25,26)27/h4-8,13,17H,9-12,14-16H2,1-3H3,(H,28,32). The second kappa shape index (κ2) is 11.3. The molecule has 0 atom stereocenters. The number of para-hydroxylation sites is 1. The van der Waals surface area contributed by atoms with E-state index >= 15 is 0 Å². The molecule has 1 aromatic heterocycles. The zero-order chi connectivity index (χ0) is 24.9. The fourth-order valence-corrected chi connectivity index (χ4v) is 4.76. The minimum Gasteiger partial charge on any atom is -0.339 e. The number of carbonyl (C=O) groups excluding carboxylic acids is 2. The Morgan fingerprint density at radius 3 is 2.38 bits per heavy atom. The Labute approximate surface area is 202 Å². The predicted octanol–water partition coefficient (Wildman–Crippen LogP) is 4.07. The van der Waals surface area contributed by atoms with Crippen LogP contribution in [0.5, 0.6) is 0 Å². The lowest BCUT2D eigenvalue weighted by Crippen LogP contribution is -2.52. The van der Waals surface area contributed by atoms with Crippen molar-refractivity contribution < 1.29 is 22.8 Å². The van der Waals surface area contributed by atoms with Crippen molar-refractivity contribution in [2.45, 2.75) is 39.5 Å². The number of thiophene rings is 1. The quantitative estimate of drug-likeness (QED) is 0.599. The van der Waals surface area contributed by atoms with Crippen LogP contribution in [0.3, 0.4) is 0 Å². The van der Waals surface area contributed by atoms with Crippen molar-refractivity contribution in [3.8, 4) is 0 Å². The Bertz CT molecular complexity index is 985. The first-order valence-electron chi connectivity index (χ1n) is 11.3. The lowest BCUT2D eigenvalue weighted by molar-refractivity contribution is -0.137. The molecule has 0 unspecified atom stereocenters. The zero-order valence-corrected chi connectivity index (χ0v) is 20.5. The summed E-state index contributed by atoms with van der Waals surface area (Å²) < 4.78 is 39.4. The highest BCUT2D eigenvalue weighted by Crippen LogP contribution is 2.34. The van der Waals surface area contributed by atoms with Crippen LogP contribution in [0, 0.1) is 6.92 Å². The molecule has 6 nitrogen and oxygen atoms in total. The summed E-state index contributed by atoms with van der Waals surface area (Å²) >= 11 is 1.69. The summed E-state index contributed by atoms with van der Waals surface area (Å²) in [5.41, 5.74) is 0.114. The van der Waals surface area contributed by atoms with Crippen LogP contribution in [0.25, 0.3) is 0 Å². The van der Waals surface area contributed by atoms with Gasteiger partial charge in [-0.05, 0) is 49.9 Å². The minimum atomic E-state index is -4.54. The Morgan fingerprint density at radius 2 is 1.79 bits per heavy atom. The summed E-state index contributed by atoms with van der Waals surface area (Å²) in [4.78, 5) is 32.3. The molecule has 1 N–H and O–H groups in total. The molecule has 2 heterocycles. The van der Waals surface area contributed by atoms with E-state index in [1.54, 1.807) is 16.2 Å². The number of anilines is 1. The zero-order valence-electron chi connectivity index (χ0n) is 19.7. The Kier molecular flexibility index (Phi) is 8.72. The number of nitrogens with one attached hydrogen (secondary N) is 1. The van der Waals surface area contributed by atoms with E-state index in [-0.39, 0.29) is 24.2 Å². The van der Waals surface area contributed by atoms with Crippen molar-refractivity contribution in [1.82, 2.24) is 14.7 Å². The first-order chi connectivity index (χ1) is 16.0. The number of hydrogen-bond acceptors (Lipinski definition) is 5. The third-order valence-electron chi connectivity index (χ3n) is 5.98. The second-order valence-electron chi connectivity index (χ2n) is 8.77. The molecule has 0 aliphatic carbocycles. The van der Waals surface area contributed by atoms with E-state index in [1.807, 2.05) is 4.90 Å². The number of rotatable bonds is 8. The van der Waals surface area contributed by atoms with Crippen molar-refractivity contribution in [3.63, 3.8) is 0 Å². The average molecular weight is 497 g/mol. The summed E-state index contributed by atoms with van der Waals surface area (Å²) in [7, 11) is 0. The van der Waals surface area contributed by atoms with Crippen molar-refractivity contribution in [2.75, 3.05) is 44.6 Å². The maximum Gasteiger partial charge on any atom is 0.418 e. The highest BCUT2D eigenvalue weighted by atomic mass is 32.1. The summed E-state index contributed by atoms with van der Waals surface area (Å²) in [6.45, 7) is 9.19. The van der Waals surface area contributed by atoms with Gasteiger partial charge in [0.1, 0.15) is 0 Å². The summed E-state index contributed by atoms with van der Waals surface area (Å²) in [6, 6.07) is 7.23. The van der Waals surface area contributed by atoms with E-state index in [4.69, 9.17) is 0 Å². The smallest absolute Gasteiger partial charge is 0.339 e. The van der Waals surface area contributed by atoms with Gasteiger partial charge >= 0.3 is 6.18 Å². The monoisotopic (exact) mass is 496 g/mol. The molecule has 1 aliphatic rings. The number of alkyl halides is 3. The van der Waals surface area contributed by atoms with E-state index < -0.39 is 17.6 Å². The number of aryl methyl sites for hydroxylation is 1. The first kappa shape index (κ1) is 26.2. The number of nitrogens with zero attached hydrogens (tertiary/aromatic N) is 3. The van der Waals surface area contributed by atoms with E-state index in [0.29, 0.717) is 32.7 Å². The Hall–Kier alpha value is -2.43. The van der Waals surface area contributed by atoms with E-state index in [1.165, 1.54) is 28.6 Å². The molecular weight excluding hydrogens is 465 g/mol. The van der Waals surface area contributed by atoms with Crippen LogP contribution in [-0.2, 0) is 22.3 Å². The van der Waals surface area contributed by atoms with Gasteiger partial charge in [-0.3, -0.25) is 19.4 Å².